The van der Waals surface area contributed by atoms with Crippen molar-refractivity contribution in [3.05, 3.63) is 28.8 Å². The second kappa shape index (κ2) is 4.47. The van der Waals surface area contributed by atoms with Gasteiger partial charge in [-0.25, -0.2) is 0 Å². The van der Waals surface area contributed by atoms with Crippen LogP contribution < -0.4 is 4.74 Å². The van der Waals surface area contributed by atoms with Crippen LogP contribution in [0.15, 0.2) is 12.1 Å². The third kappa shape index (κ3) is 2.48. The minimum atomic E-state index is 0.922. The van der Waals surface area contributed by atoms with E-state index in [2.05, 4.69) is 45.0 Å². The van der Waals surface area contributed by atoms with E-state index in [1.165, 1.54) is 16.7 Å². The molecular weight excluding hydrogens is 174 g/mol. The summed E-state index contributed by atoms with van der Waals surface area (Å²) in [6.45, 7) is 5.13. The number of hydrogen-bond donors (Lipinski definition) is 0. The Kier molecular flexibility index (Phi) is 3.53. The summed E-state index contributed by atoms with van der Waals surface area (Å²) in [5, 5.41) is 0. The predicted octanol–water partition coefficient (Wildman–Crippen LogP) is 2.37. The molecule has 0 bridgehead atoms. The lowest BCUT2D eigenvalue weighted by molar-refractivity contribution is 0.370. The molecule has 0 fully saturated rings. The highest BCUT2D eigenvalue weighted by Crippen LogP contribution is 2.25. The molecular formula is C12H19NO. The average molecular weight is 193 g/mol. The zero-order valence-electron chi connectivity index (χ0n) is 9.72. The first-order chi connectivity index (χ1) is 6.54. The lowest BCUT2D eigenvalue weighted by Gasteiger charge is -2.16. The molecule has 0 saturated carbocycles. The van der Waals surface area contributed by atoms with Crippen LogP contribution in [0.25, 0.3) is 0 Å². The molecule has 0 aliphatic rings. The first kappa shape index (κ1) is 11.1. The van der Waals surface area contributed by atoms with Crippen molar-refractivity contribution in [1.82, 2.24) is 4.90 Å². The summed E-state index contributed by atoms with van der Waals surface area (Å²) in [6.07, 6.45) is 0. The molecule has 2 nitrogen and oxygen atoms in total. The molecule has 1 rings (SSSR count). The third-order valence-corrected chi connectivity index (χ3v) is 2.19. The van der Waals surface area contributed by atoms with Gasteiger partial charge in [-0.05, 0) is 33.5 Å². The van der Waals surface area contributed by atoms with Gasteiger partial charge in [-0.3, -0.25) is 0 Å². The van der Waals surface area contributed by atoms with Gasteiger partial charge < -0.3 is 9.64 Å². The number of benzene rings is 1. The Hall–Kier alpha value is -1.02. The van der Waals surface area contributed by atoms with Gasteiger partial charge in [-0.2, -0.15) is 0 Å². The Morgan fingerprint density at radius 1 is 1.21 bits per heavy atom. The summed E-state index contributed by atoms with van der Waals surface area (Å²) < 4.78 is 5.41. The first-order valence-corrected chi connectivity index (χ1v) is 4.83. The van der Waals surface area contributed by atoms with Crippen LogP contribution in [0.1, 0.15) is 16.7 Å². The van der Waals surface area contributed by atoms with Crippen LogP contribution in [0.2, 0.25) is 0 Å². The Balaban J connectivity index is 3.11. The largest absolute Gasteiger partial charge is 0.496 e. The van der Waals surface area contributed by atoms with Crippen molar-refractivity contribution in [1.29, 1.82) is 0 Å². The van der Waals surface area contributed by atoms with E-state index in [1.807, 2.05) is 0 Å². The molecule has 0 aliphatic carbocycles. The molecule has 0 spiro atoms. The second-order valence-electron chi connectivity index (χ2n) is 4.01. The summed E-state index contributed by atoms with van der Waals surface area (Å²) in [5.41, 5.74) is 3.76. The van der Waals surface area contributed by atoms with Crippen LogP contribution >= 0.6 is 0 Å². The Morgan fingerprint density at radius 3 is 2.36 bits per heavy atom. The second-order valence-corrected chi connectivity index (χ2v) is 4.01. The van der Waals surface area contributed by atoms with Gasteiger partial charge in [0.15, 0.2) is 0 Å². The number of aryl methyl sites for hydroxylation is 2. The van der Waals surface area contributed by atoms with Gasteiger partial charge in [0.2, 0.25) is 0 Å². The van der Waals surface area contributed by atoms with Crippen LogP contribution in [0, 0.1) is 13.8 Å². The van der Waals surface area contributed by atoms with E-state index < -0.39 is 0 Å². The molecule has 0 N–H and O–H groups in total. The molecule has 0 saturated heterocycles. The van der Waals surface area contributed by atoms with E-state index in [-0.39, 0.29) is 0 Å². The molecule has 1 aromatic carbocycles. The summed E-state index contributed by atoms with van der Waals surface area (Å²) in [6, 6.07) is 4.34. The van der Waals surface area contributed by atoms with Gasteiger partial charge in [0.05, 0.1) is 7.11 Å². The minimum Gasteiger partial charge on any atom is -0.496 e. The van der Waals surface area contributed by atoms with Gasteiger partial charge in [0, 0.05) is 12.1 Å². The number of rotatable bonds is 3. The fourth-order valence-corrected chi connectivity index (χ4v) is 1.79. The van der Waals surface area contributed by atoms with Crippen molar-refractivity contribution in [2.75, 3.05) is 21.2 Å². The number of nitrogens with zero attached hydrogens (tertiary/aromatic N) is 1. The van der Waals surface area contributed by atoms with Crippen molar-refractivity contribution in [2.45, 2.75) is 20.4 Å². The predicted molar refractivity (Wildman–Crippen MR) is 59.9 cm³/mol. The molecule has 0 unspecified atom stereocenters. The first-order valence-electron chi connectivity index (χ1n) is 4.83. The molecule has 0 atom stereocenters. The highest BCUT2D eigenvalue weighted by atomic mass is 16.5. The van der Waals surface area contributed by atoms with Gasteiger partial charge >= 0.3 is 0 Å². The van der Waals surface area contributed by atoms with Crippen molar-refractivity contribution >= 4 is 0 Å². The molecule has 14 heavy (non-hydrogen) atoms. The Bertz CT molecular complexity index is 318. The van der Waals surface area contributed by atoms with Crippen molar-refractivity contribution in [2.24, 2.45) is 0 Å². The number of hydrogen-bond acceptors (Lipinski definition) is 2. The lowest BCUT2D eigenvalue weighted by Crippen LogP contribution is -2.12. The topological polar surface area (TPSA) is 12.5 Å². The monoisotopic (exact) mass is 193 g/mol. The van der Waals surface area contributed by atoms with Crippen LogP contribution in [-0.2, 0) is 6.54 Å². The molecule has 1 aromatic rings. The van der Waals surface area contributed by atoms with Crippen LogP contribution in [0.5, 0.6) is 5.75 Å². The van der Waals surface area contributed by atoms with Crippen molar-refractivity contribution in [3.63, 3.8) is 0 Å². The zero-order valence-corrected chi connectivity index (χ0v) is 9.72. The molecule has 0 amide bonds. The maximum atomic E-state index is 5.41. The van der Waals surface area contributed by atoms with Crippen LogP contribution in [0.3, 0.4) is 0 Å². The SMILES string of the molecule is COc1c(C)cc(C)cc1CN(C)C. The summed E-state index contributed by atoms with van der Waals surface area (Å²) in [5.74, 6) is 1.02. The smallest absolute Gasteiger partial charge is 0.126 e. The fourth-order valence-electron chi connectivity index (χ4n) is 1.79. The lowest BCUT2D eigenvalue weighted by atomic mass is 10.1. The molecule has 0 radical (unpaired) electrons. The van der Waals surface area contributed by atoms with E-state index in [0.29, 0.717) is 0 Å². The zero-order chi connectivity index (χ0) is 10.7. The number of ether oxygens (including phenoxy) is 1. The van der Waals surface area contributed by atoms with Crippen molar-refractivity contribution < 1.29 is 4.74 Å². The van der Waals surface area contributed by atoms with Gasteiger partial charge in [0.1, 0.15) is 5.75 Å². The molecule has 0 heterocycles. The molecule has 78 valence electrons. The van der Waals surface area contributed by atoms with Crippen LogP contribution in [-0.4, -0.2) is 26.1 Å². The highest BCUT2D eigenvalue weighted by molar-refractivity contribution is 5.43. The van der Waals surface area contributed by atoms with E-state index >= 15 is 0 Å². The molecule has 0 aromatic heterocycles. The van der Waals surface area contributed by atoms with Crippen LogP contribution in [0.4, 0.5) is 0 Å². The van der Waals surface area contributed by atoms with Gasteiger partial charge in [-0.1, -0.05) is 17.7 Å². The average Bonchev–Trinajstić information content (AvgIpc) is 2.01. The normalized spacial score (nSPS) is 10.7. The van der Waals surface area contributed by atoms with E-state index in [4.69, 9.17) is 4.74 Å². The standard InChI is InChI=1S/C12H19NO/c1-9-6-10(2)12(14-5)11(7-9)8-13(3)4/h6-7H,8H2,1-5H3. The van der Waals surface area contributed by atoms with Gasteiger partial charge in [0.25, 0.3) is 0 Å². The summed E-state index contributed by atoms with van der Waals surface area (Å²) >= 11 is 0. The highest BCUT2D eigenvalue weighted by Gasteiger charge is 2.07. The van der Waals surface area contributed by atoms with E-state index in [0.717, 1.165) is 12.3 Å². The Morgan fingerprint density at radius 2 is 1.86 bits per heavy atom. The van der Waals surface area contributed by atoms with E-state index in [9.17, 15) is 0 Å². The third-order valence-electron chi connectivity index (χ3n) is 2.19. The van der Waals surface area contributed by atoms with E-state index in [1.54, 1.807) is 7.11 Å². The minimum absolute atomic E-state index is 0.922. The quantitative estimate of drug-likeness (QED) is 0.730. The fraction of sp³-hybridized carbons (Fsp3) is 0.500. The van der Waals surface area contributed by atoms with Gasteiger partial charge in [-0.15, -0.1) is 0 Å². The number of methoxy groups -OCH3 is 1. The van der Waals surface area contributed by atoms with Crippen molar-refractivity contribution in [3.8, 4) is 5.75 Å². The maximum absolute atomic E-state index is 5.41. The maximum Gasteiger partial charge on any atom is 0.126 e. The summed E-state index contributed by atoms with van der Waals surface area (Å²) in [7, 11) is 5.87. The molecule has 2 heteroatoms. The summed E-state index contributed by atoms with van der Waals surface area (Å²) in [4.78, 5) is 2.15. The Labute approximate surface area is 86.5 Å². The molecule has 0 aliphatic heterocycles.